The van der Waals surface area contributed by atoms with E-state index < -0.39 is 0 Å². The van der Waals surface area contributed by atoms with Gasteiger partial charge in [-0.25, -0.2) is 0 Å². The molecule has 0 heterocycles. The number of nitrogens with one attached hydrogen (secondary N) is 1. The van der Waals surface area contributed by atoms with E-state index in [1.54, 1.807) is 30.3 Å². The smallest absolute Gasteiger partial charge is 0.258 e. The van der Waals surface area contributed by atoms with Gasteiger partial charge >= 0.3 is 0 Å². The highest BCUT2D eigenvalue weighted by Crippen LogP contribution is 2.15. The molecule has 0 radical (unpaired) electrons. The second-order valence-corrected chi connectivity index (χ2v) is 5.25. The molecule has 4 nitrogen and oxygen atoms in total. The molecule has 0 atom stereocenters. The van der Waals surface area contributed by atoms with Crippen molar-refractivity contribution >= 4 is 21.8 Å². The minimum Gasteiger partial charge on any atom is -0.484 e. The van der Waals surface area contributed by atoms with Crippen LogP contribution in [0.5, 0.6) is 5.75 Å². The monoisotopic (exact) mass is 344 g/mol. The van der Waals surface area contributed by atoms with Crippen molar-refractivity contribution in [3.05, 3.63) is 64.1 Å². The second-order valence-electron chi connectivity index (χ2n) is 4.33. The van der Waals surface area contributed by atoms with Crippen LogP contribution >= 0.6 is 15.9 Å². The van der Waals surface area contributed by atoms with Gasteiger partial charge in [-0.3, -0.25) is 4.79 Å². The highest BCUT2D eigenvalue weighted by Gasteiger charge is 2.03. The third-order valence-electron chi connectivity index (χ3n) is 2.73. The highest BCUT2D eigenvalue weighted by atomic mass is 79.9. The number of benzene rings is 2. The third-order valence-corrected chi connectivity index (χ3v) is 3.26. The van der Waals surface area contributed by atoms with Crippen LogP contribution in [0, 0.1) is 11.3 Å². The van der Waals surface area contributed by atoms with Crippen LogP contribution in [0.1, 0.15) is 11.1 Å². The Balaban J connectivity index is 1.79. The summed E-state index contributed by atoms with van der Waals surface area (Å²) in [6.45, 7) is 0.331. The Kier molecular flexibility index (Phi) is 5.35. The summed E-state index contributed by atoms with van der Waals surface area (Å²) < 4.78 is 6.33. The maximum absolute atomic E-state index is 11.7. The van der Waals surface area contributed by atoms with Crippen molar-refractivity contribution in [3.8, 4) is 11.8 Å². The van der Waals surface area contributed by atoms with Gasteiger partial charge in [-0.15, -0.1) is 0 Å². The number of halogens is 1. The lowest BCUT2D eigenvalue weighted by molar-refractivity contribution is -0.123. The minimum absolute atomic E-state index is 0.0421. The number of carbonyl (C=O) groups excluding carboxylic acids is 1. The van der Waals surface area contributed by atoms with E-state index in [-0.39, 0.29) is 12.5 Å². The first-order valence-corrected chi connectivity index (χ1v) is 7.11. The van der Waals surface area contributed by atoms with Gasteiger partial charge in [-0.2, -0.15) is 5.26 Å². The summed E-state index contributed by atoms with van der Waals surface area (Å²) in [5.74, 6) is 0.431. The fraction of sp³-hybridized carbons (Fsp3) is 0.125. The van der Waals surface area contributed by atoms with Gasteiger partial charge in [0.05, 0.1) is 11.6 Å². The quantitative estimate of drug-likeness (QED) is 0.906. The van der Waals surface area contributed by atoms with Crippen molar-refractivity contribution in [1.82, 2.24) is 5.32 Å². The zero-order valence-electron chi connectivity index (χ0n) is 11.2. The molecule has 0 unspecified atom stereocenters. The van der Waals surface area contributed by atoms with E-state index >= 15 is 0 Å². The van der Waals surface area contributed by atoms with Crippen molar-refractivity contribution in [1.29, 1.82) is 5.26 Å². The summed E-state index contributed by atoms with van der Waals surface area (Å²) in [4.78, 5) is 11.7. The predicted octanol–water partition coefficient (Wildman–Crippen LogP) is 3.02. The summed E-state index contributed by atoms with van der Waals surface area (Å²) in [6.07, 6.45) is 0. The third kappa shape index (κ3) is 4.93. The Morgan fingerprint density at radius 2 is 2.00 bits per heavy atom. The van der Waals surface area contributed by atoms with Gasteiger partial charge < -0.3 is 10.1 Å². The summed E-state index contributed by atoms with van der Waals surface area (Å²) in [5, 5.41) is 11.6. The average molecular weight is 345 g/mol. The molecule has 5 heteroatoms. The molecule has 2 aromatic rings. The molecule has 2 aromatic carbocycles. The van der Waals surface area contributed by atoms with Gasteiger partial charge in [-0.05, 0) is 42.0 Å². The summed E-state index contributed by atoms with van der Waals surface area (Å²) in [6, 6.07) is 16.4. The van der Waals surface area contributed by atoms with E-state index in [9.17, 15) is 4.79 Å². The Labute approximate surface area is 131 Å². The molecular formula is C16H13BrN2O2. The summed E-state index contributed by atoms with van der Waals surface area (Å²) >= 11 is 3.33. The summed E-state index contributed by atoms with van der Waals surface area (Å²) in [5.41, 5.74) is 1.46. The number of rotatable bonds is 5. The maximum atomic E-state index is 11.7. The van der Waals surface area contributed by atoms with Crippen LogP contribution < -0.4 is 10.1 Å². The molecule has 21 heavy (non-hydrogen) atoms. The molecule has 0 saturated carbocycles. The van der Waals surface area contributed by atoms with E-state index in [1.165, 1.54) is 0 Å². The fourth-order valence-corrected chi connectivity index (χ4v) is 1.95. The molecule has 1 N–H and O–H groups in total. The van der Waals surface area contributed by atoms with Crippen LogP contribution in [0.3, 0.4) is 0 Å². The number of ether oxygens (including phenoxy) is 1. The first-order valence-electron chi connectivity index (χ1n) is 6.31. The lowest BCUT2D eigenvalue weighted by Crippen LogP contribution is -2.28. The standard InChI is InChI=1S/C16H13BrN2O2/c17-14-4-6-15(7-5-14)21-11-16(20)19-10-13-3-1-2-12(8-13)9-18/h1-8H,10-11H2,(H,19,20). The molecule has 0 fully saturated rings. The molecule has 0 spiro atoms. The first-order chi connectivity index (χ1) is 10.2. The fourth-order valence-electron chi connectivity index (χ4n) is 1.68. The molecule has 0 bridgehead atoms. The Hall–Kier alpha value is -2.32. The molecular weight excluding hydrogens is 332 g/mol. The van der Waals surface area contributed by atoms with Gasteiger partial charge in [0.25, 0.3) is 5.91 Å². The normalized spacial score (nSPS) is 9.71. The number of nitriles is 1. The molecule has 0 aliphatic heterocycles. The van der Waals surface area contributed by atoms with Crippen molar-refractivity contribution < 1.29 is 9.53 Å². The predicted molar refractivity (Wildman–Crippen MR) is 82.6 cm³/mol. The zero-order valence-corrected chi connectivity index (χ0v) is 12.8. The molecule has 0 aromatic heterocycles. The van der Waals surface area contributed by atoms with E-state index in [1.807, 2.05) is 18.2 Å². The molecule has 0 aliphatic rings. The van der Waals surface area contributed by atoms with Crippen molar-refractivity contribution in [2.75, 3.05) is 6.61 Å². The van der Waals surface area contributed by atoms with Gasteiger partial charge in [0, 0.05) is 11.0 Å². The molecule has 106 valence electrons. The average Bonchev–Trinajstić information content (AvgIpc) is 2.52. The lowest BCUT2D eigenvalue weighted by atomic mass is 10.1. The minimum atomic E-state index is -0.208. The zero-order chi connectivity index (χ0) is 15.1. The number of hydrogen-bond acceptors (Lipinski definition) is 3. The van der Waals surface area contributed by atoms with Crippen LogP contribution in [-0.4, -0.2) is 12.5 Å². The lowest BCUT2D eigenvalue weighted by Gasteiger charge is -2.08. The summed E-state index contributed by atoms with van der Waals surface area (Å²) in [7, 11) is 0. The van der Waals surface area contributed by atoms with E-state index in [0.717, 1.165) is 10.0 Å². The van der Waals surface area contributed by atoms with Crippen LogP contribution in [0.2, 0.25) is 0 Å². The van der Waals surface area contributed by atoms with Crippen molar-refractivity contribution in [3.63, 3.8) is 0 Å². The van der Waals surface area contributed by atoms with Crippen LogP contribution in [0.15, 0.2) is 53.0 Å². The topological polar surface area (TPSA) is 62.1 Å². The first kappa shape index (κ1) is 15.1. The van der Waals surface area contributed by atoms with Crippen LogP contribution in [0.4, 0.5) is 0 Å². The van der Waals surface area contributed by atoms with Gasteiger partial charge in [-0.1, -0.05) is 28.1 Å². The van der Waals surface area contributed by atoms with Gasteiger partial charge in [0.15, 0.2) is 6.61 Å². The van der Waals surface area contributed by atoms with Crippen molar-refractivity contribution in [2.24, 2.45) is 0 Å². The SMILES string of the molecule is N#Cc1cccc(CNC(=O)COc2ccc(Br)cc2)c1. The maximum Gasteiger partial charge on any atom is 0.258 e. The number of nitrogens with zero attached hydrogens (tertiary/aromatic N) is 1. The van der Waals surface area contributed by atoms with Crippen LogP contribution in [0.25, 0.3) is 0 Å². The van der Waals surface area contributed by atoms with Gasteiger partial charge in [0.1, 0.15) is 5.75 Å². The highest BCUT2D eigenvalue weighted by molar-refractivity contribution is 9.10. The Bertz CT molecular complexity index is 663. The second kappa shape index (κ2) is 7.46. The van der Waals surface area contributed by atoms with Crippen LogP contribution in [-0.2, 0) is 11.3 Å². The molecule has 0 aliphatic carbocycles. The Morgan fingerprint density at radius 3 is 2.71 bits per heavy atom. The van der Waals surface area contributed by atoms with E-state index in [0.29, 0.717) is 17.9 Å². The number of carbonyl (C=O) groups is 1. The molecule has 1 amide bonds. The van der Waals surface area contributed by atoms with Crippen molar-refractivity contribution in [2.45, 2.75) is 6.54 Å². The van der Waals surface area contributed by atoms with E-state index in [4.69, 9.17) is 10.00 Å². The number of hydrogen-bond donors (Lipinski definition) is 1. The van der Waals surface area contributed by atoms with E-state index in [2.05, 4.69) is 27.3 Å². The molecule has 0 saturated heterocycles. The number of amides is 1. The van der Waals surface area contributed by atoms with Gasteiger partial charge in [0.2, 0.25) is 0 Å². The largest absolute Gasteiger partial charge is 0.484 e. The Morgan fingerprint density at radius 1 is 1.24 bits per heavy atom. The molecule has 2 rings (SSSR count).